The third kappa shape index (κ3) is 10400. The molecule has 0 amide bonds. The average Bonchev–Trinajstić information content (AvgIpc) is 1.25. The zero-order valence-corrected chi connectivity index (χ0v) is 4.07. The predicted molar refractivity (Wildman–Crippen MR) is 39.2 cm³/mol. The maximum Gasteiger partial charge on any atom is 0.316 e. The summed E-state index contributed by atoms with van der Waals surface area (Å²) in [6.45, 7) is 1.08. The minimum absolute atomic E-state index is 0. The molecular formula is C2H9Mg2NO5. The number of nitrogens with zero attached hydrogens (tertiary/aromatic N) is 1. The van der Waals surface area contributed by atoms with Gasteiger partial charge in [0.1, 0.15) is 0 Å². The summed E-state index contributed by atoms with van der Waals surface area (Å²) in [6, 6.07) is 0. The van der Waals surface area contributed by atoms with Crippen LogP contribution in [0.1, 0.15) is 6.92 Å². The summed E-state index contributed by atoms with van der Waals surface area (Å²) in [6.07, 6.45) is 0. The predicted octanol–water partition coefficient (Wildman–Crippen LogP) is -2.09. The van der Waals surface area contributed by atoms with Crippen LogP contribution in [0.25, 0.3) is 0 Å². The molecule has 0 atom stereocenters. The van der Waals surface area contributed by atoms with Gasteiger partial charge in [0.25, 0.3) is 11.1 Å². The van der Waals surface area contributed by atoms with E-state index in [2.05, 4.69) is 0 Å². The lowest BCUT2D eigenvalue weighted by Gasteiger charge is -1.59. The summed E-state index contributed by atoms with van der Waals surface area (Å²) in [4.78, 5) is 17.4. The number of carboxylic acid groups (broad SMARTS) is 1. The second-order valence-corrected chi connectivity index (χ2v) is 0.757. The van der Waals surface area contributed by atoms with Crippen molar-refractivity contribution in [2.45, 2.75) is 6.92 Å². The normalized spacial score (nSPS) is 4.90. The van der Waals surface area contributed by atoms with Crippen molar-refractivity contribution in [3.8, 4) is 0 Å². The van der Waals surface area contributed by atoms with Crippen LogP contribution in [-0.2, 0) is 4.79 Å². The maximum atomic E-state index is 9.00. The Hall–Kier alpha value is 0.202. The van der Waals surface area contributed by atoms with E-state index >= 15 is 0 Å². The largest absolute Gasteiger partial charge is 0.481 e. The van der Waals surface area contributed by atoms with Gasteiger partial charge < -0.3 is 10.3 Å². The van der Waals surface area contributed by atoms with E-state index in [1.54, 1.807) is 0 Å². The van der Waals surface area contributed by atoms with Gasteiger partial charge in [0.2, 0.25) is 0 Å². The monoisotopic (exact) mass is 175 g/mol. The molecule has 0 spiro atoms. The molecule has 10 heavy (non-hydrogen) atoms. The van der Waals surface area contributed by atoms with Crippen molar-refractivity contribution >= 4 is 52.1 Å². The van der Waals surface area contributed by atoms with Crippen molar-refractivity contribution in [1.82, 2.24) is 0 Å². The Morgan fingerprint density at radius 2 is 1.50 bits per heavy atom. The highest BCUT2D eigenvalue weighted by molar-refractivity contribution is 5.76. The number of hydrogen-bond acceptors (Lipinski definition) is 3. The first-order valence-electron chi connectivity index (χ1n) is 1.49. The van der Waals surface area contributed by atoms with Crippen LogP contribution >= 0.6 is 0 Å². The van der Waals surface area contributed by atoms with Crippen molar-refractivity contribution in [3.63, 3.8) is 0 Å². The average molecular weight is 176 g/mol. The van der Waals surface area contributed by atoms with Gasteiger partial charge in [-0.3, -0.25) is 4.79 Å². The lowest BCUT2D eigenvalue weighted by molar-refractivity contribution is -0.742. The highest BCUT2D eigenvalue weighted by atomic mass is 24.3. The van der Waals surface area contributed by atoms with Crippen LogP contribution in [0.15, 0.2) is 0 Å². The molecule has 0 unspecified atom stereocenters. The Bertz CT molecular complexity index is 75.6. The molecule has 0 saturated carbocycles. The number of aliphatic carboxylic acids is 1. The molecule has 0 radical (unpaired) electrons. The zero-order chi connectivity index (χ0) is 7.15. The van der Waals surface area contributed by atoms with Crippen molar-refractivity contribution in [2.24, 2.45) is 0 Å². The molecule has 56 valence electrons. The standard InChI is InChI=1S/C2H4O2.2Mg.HNO3.4H/c1-2(3)4;;;2-1(3)4;;;;/h1H3,(H,3,4);;;(H,2,3,4);;;;. The SMILES string of the molecule is CC(=O)O.O=[N+]([O-])O.[MgH2].[MgH2]. The highest BCUT2D eigenvalue weighted by Crippen LogP contribution is 1.42. The van der Waals surface area contributed by atoms with Crippen LogP contribution in [0.4, 0.5) is 0 Å². The molecule has 0 aliphatic carbocycles. The molecule has 8 heteroatoms. The second kappa shape index (κ2) is 16.1. The van der Waals surface area contributed by atoms with Gasteiger partial charge in [0.15, 0.2) is 0 Å². The lowest BCUT2D eigenvalue weighted by atomic mass is 10.9. The Labute approximate surface area is 89.0 Å². The van der Waals surface area contributed by atoms with Crippen LogP contribution in [0.5, 0.6) is 0 Å². The first-order chi connectivity index (χ1) is 3.46. The van der Waals surface area contributed by atoms with E-state index in [1.807, 2.05) is 0 Å². The third-order valence-electron chi connectivity index (χ3n) is 0. The Morgan fingerprint density at radius 3 is 1.50 bits per heavy atom. The molecule has 0 rings (SSSR count). The molecule has 2 N–H and O–H groups in total. The number of carbonyl (C=O) groups is 1. The van der Waals surface area contributed by atoms with Crippen LogP contribution in [0.3, 0.4) is 0 Å². The van der Waals surface area contributed by atoms with E-state index in [-0.39, 0.29) is 46.1 Å². The second-order valence-electron chi connectivity index (χ2n) is 0.757. The maximum absolute atomic E-state index is 9.00. The van der Waals surface area contributed by atoms with Gasteiger partial charge in [0, 0.05) is 6.92 Å². The van der Waals surface area contributed by atoms with Crippen LogP contribution in [0, 0.1) is 10.1 Å². The third-order valence-corrected chi connectivity index (χ3v) is 0. The van der Waals surface area contributed by atoms with Crippen LogP contribution in [0.2, 0.25) is 0 Å². The lowest BCUT2D eigenvalue weighted by Crippen LogP contribution is -1.81. The molecule has 6 nitrogen and oxygen atoms in total. The highest BCUT2D eigenvalue weighted by Gasteiger charge is 1.65. The molecular weight excluding hydrogens is 167 g/mol. The van der Waals surface area contributed by atoms with Crippen molar-refractivity contribution in [1.29, 1.82) is 0 Å². The van der Waals surface area contributed by atoms with Crippen molar-refractivity contribution in [3.05, 3.63) is 10.1 Å². The van der Waals surface area contributed by atoms with E-state index in [4.69, 9.17) is 25.2 Å². The summed E-state index contributed by atoms with van der Waals surface area (Å²) in [5, 5.41) is 21.1. The van der Waals surface area contributed by atoms with E-state index in [9.17, 15) is 0 Å². The van der Waals surface area contributed by atoms with Crippen molar-refractivity contribution < 1.29 is 20.2 Å². The summed E-state index contributed by atoms with van der Waals surface area (Å²) < 4.78 is 0. The fourth-order valence-corrected chi connectivity index (χ4v) is 0. The molecule has 0 aliphatic rings. The molecule has 0 bridgehead atoms. The quantitative estimate of drug-likeness (QED) is 0.250. The molecule has 0 aromatic carbocycles. The summed E-state index contributed by atoms with van der Waals surface area (Å²) in [5.41, 5.74) is 0. The van der Waals surface area contributed by atoms with Gasteiger partial charge in [-0.15, -0.1) is 10.1 Å². The molecule has 0 aliphatic heterocycles. The molecule has 0 fully saturated rings. The minimum atomic E-state index is -1.50. The van der Waals surface area contributed by atoms with Crippen molar-refractivity contribution in [2.75, 3.05) is 0 Å². The minimum Gasteiger partial charge on any atom is -0.481 e. The van der Waals surface area contributed by atoms with Crippen LogP contribution < -0.4 is 0 Å². The molecule has 0 saturated heterocycles. The zero-order valence-electron chi connectivity index (χ0n) is 4.07. The number of rotatable bonds is 0. The molecule has 0 heterocycles. The summed E-state index contributed by atoms with van der Waals surface area (Å²) in [7, 11) is 0. The van der Waals surface area contributed by atoms with Crippen LogP contribution in [-0.4, -0.2) is 67.5 Å². The summed E-state index contributed by atoms with van der Waals surface area (Å²) in [5.74, 6) is -0.833. The van der Waals surface area contributed by atoms with E-state index in [0.717, 1.165) is 6.92 Å². The van der Waals surface area contributed by atoms with Gasteiger partial charge in [0.05, 0.1) is 0 Å². The van der Waals surface area contributed by atoms with Gasteiger partial charge >= 0.3 is 46.1 Å². The first kappa shape index (κ1) is 22.5. The Kier molecular flexibility index (Phi) is 36.1. The topological polar surface area (TPSA) is 101 Å². The van der Waals surface area contributed by atoms with E-state index in [1.165, 1.54) is 0 Å². The molecule has 0 aromatic heterocycles. The van der Waals surface area contributed by atoms with E-state index in [0.29, 0.717) is 0 Å². The summed E-state index contributed by atoms with van der Waals surface area (Å²) >= 11 is 0. The van der Waals surface area contributed by atoms with Gasteiger partial charge in [-0.05, 0) is 0 Å². The smallest absolute Gasteiger partial charge is 0.316 e. The fourth-order valence-electron chi connectivity index (χ4n) is 0. The number of hydrogen-bond donors (Lipinski definition) is 2. The first-order valence-corrected chi connectivity index (χ1v) is 1.49. The fraction of sp³-hybridized carbons (Fsp3) is 0.500. The van der Waals surface area contributed by atoms with Gasteiger partial charge in [-0.2, -0.15) is 0 Å². The molecule has 0 aromatic rings. The Balaban J connectivity index is -0.0000000300. The Morgan fingerprint density at radius 1 is 1.50 bits per heavy atom. The van der Waals surface area contributed by atoms with E-state index < -0.39 is 11.1 Å². The number of carboxylic acids is 1. The van der Waals surface area contributed by atoms with Gasteiger partial charge in [-0.1, -0.05) is 0 Å². The van der Waals surface area contributed by atoms with Gasteiger partial charge in [-0.25, -0.2) is 0 Å².